The summed E-state index contributed by atoms with van der Waals surface area (Å²) in [5, 5.41) is 10.4. The van der Waals surface area contributed by atoms with Crippen molar-refractivity contribution in [3.63, 3.8) is 0 Å². The third kappa shape index (κ3) is 3.53. The minimum atomic E-state index is -0.472. The van der Waals surface area contributed by atoms with Crippen LogP contribution in [-0.4, -0.2) is 17.8 Å². The Morgan fingerprint density at radius 3 is 2.56 bits per heavy atom. The van der Waals surface area contributed by atoms with Crippen molar-refractivity contribution in [2.75, 3.05) is 6.61 Å². The van der Waals surface area contributed by atoms with E-state index in [0.29, 0.717) is 11.3 Å². The molecule has 0 spiro atoms. The molecule has 0 aliphatic rings. The molecule has 0 bridgehead atoms. The molecule has 0 saturated carbocycles. The molecule has 0 saturated heterocycles. The summed E-state index contributed by atoms with van der Waals surface area (Å²) < 4.78 is 5.26. The molecule has 16 heavy (non-hydrogen) atoms. The second-order valence-electron chi connectivity index (χ2n) is 3.13. The topological polar surface area (TPSA) is 69.4 Å². The van der Waals surface area contributed by atoms with Gasteiger partial charge >= 0.3 is 0 Å². The number of allylic oxidation sites excluding steroid dienone is 1. The Bertz CT molecular complexity index is 408. The highest BCUT2D eigenvalue weighted by Gasteiger charge is 2.03. The fraction of sp³-hybridized carbons (Fsp3) is 0.182. The summed E-state index contributed by atoms with van der Waals surface area (Å²) in [5.74, 6) is 0.528. The first-order chi connectivity index (χ1) is 7.63. The average molecular weight is 221 g/mol. The zero-order valence-electron chi connectivity index (χ0n) is 8.75. The van der Waals surface area contributed by atoms with Crippen molar-refractivity contribution >= 4 is 12.0 Å². The zero-order valence-corrected chi connectivity index (χ0v) is 8.75. The van der Waals surface area contributed by atoms with Gasteiger partial charge in [-0.25, -0.2) is 0 Å². The number of benzene rings is 1. The Labute approximate surface area is 92.5 Å². The van der Waals surface area contributed by atoms with Gasteiger partial charge in [0.1, 0.15) is 18.6 Å². The smallest absolute Gasteiger partial charge is 0.269 e. The summed E-state index contributed by atoms with van der Waals surface area (Å²) in [6, 6.07) is 5.77. The minimum absolute atomic E-state index is 0.0203. The second-order valence-corrected chi connectivity index (χ2v) is 3.13. The van der Waals surface area contributed by atoms with Crippen LogP contribution in [-0.2, 0) is 4.79 Å². The number of aldehydes is 1. The molecule has 1 aromatic carbocycles. The first kappa shape index (κ1) is 11.9. The monoisotopic (exact) mass is 221 g/mol. The Balaban J connectivity index is 2.56. The fourth-order valence-corrected chi connectivity index (χ4v) is 0.982. The maximum Gasteiger partial charge on any atom is 0.269 e. The van der Waals surface area contributed by atoms with Crippen LogP contribution >= 0.6 is 0 Å². The highest BCUT2D eigenvalue weighted by atomic mass is 16.6. The number of nitro groups is 1. The minimum Gasteiger partial charge on any atom is -0.490 e. The van der Waals surface area contributed by atoms with Crippen LogP contribution in [0.5, 0.6) is 5.75 Å². The van der Waals surface area contributed by atoms with Crippen LogP contribution in [0.2, 0.25) is 0 Å². The molecule has 84 valence electrons. The van der Waals surface area contributed by atoms with Crippen molar-refractivity contribution in [1.82, 2.24) is 0 Å². The normalized spacial score (nSPS) is 10.9. The van der Waals surface area contributed by atoms with Crippen molar-refractivity contribution in [2.24, 2.45) is 0 Å². The average Bonchev–Trinajstić information content (AvgIpc) is 2.29. The predicted molar refractivity (Wildman–Crippen MR) is 58.4 cm³/mol. The van der Waals surface area contributed by atoms with Crippen molar-refractivity contribution < 1.29 is 14.5 Å². The summed E-state index contributed by atoms with van der Waals surface area (Å²) in [6.45, 7) is 1.94. The van der Waals surface area contributed by atoms with E-state index in [1.165, 1.54) is 24.3 Å². The molecule has 0 heterocycles. The highest BCUT2D eigenvalue weighted by molar-refractivity contribution is 5.71. The summed E-state index contributed by atoms with van der Waals surface area (Å²) in [5.41, 5.74) is 0.605. The van der Waals surface area contributed by atoms with E-state index >= 15 is 0 Å². The molecule has 0 aromatic heterocycles. The van der Waals surface area contributed by atoms with Gasteiger partial charge in [-0.3, -0.25) is 14.9 Å². The van der Waals surface area contributed by atoms with Crippen molar-refractivity contribution in [2.45, 2.75) is 6.92 Å². The van der Waals surface area contributed by atoms with E-state index in [1.807, 2.05) is 0 Å². The van der Waals surface area contributed by atoms with E-state index in [2.05, 4.69) is 0 Å². The van der Waals surface area contributed by atoms with E-state index in [-0.39, 0.29) is 12.3 Å². The molecule has 0 N–H and O–H groups in total. The van der Waals surface area contributed by atoms with Crippen molar-refractivity contribution in [3.8, 4) is 5.75 Å². The number of carbonyl (C=O) groups is 1. The van der Waals surface area contributed by atoms with Crippen LogP contribution in [0.3, 0.4) is 0 Å². The van der Waals surface area contributed by atoms with Gasteiger partial charge in [0.05, 0.1) is 4.92 Å². The van der Waals surface area contributed by atoms with Gasteiger partial charge in [-0.2, -0.15) is 0 Å². The van der Waals surface area contributed by atoms with Gasteiger partial charge < -0.3 is 4.74 Å². The third-order valence-electron chi connectivity index (χ3n) is 1.89. The number of hydrogen-bond acceptors (Lipinski definition) is 4. The molecule has 0 atom stereocenters. The molecule has 0 unspecified atom stereocenters. The lowest BCUT2D eigenvalue weighted by molar-refractivity contribution is -0.384. The number of carbonyl (C=O) groups excluding carboxylic acids is 1. The van der Waals surface area contributed by atoms with Crippen LogP contribution in [0.25, 0.3) is 0 Å². The SMILES string of the molecule is C/C(C=O)=C\COc1ccc([N+](=O)[O-])cc1. The molecular weight excluding hydrogens is 210 g/mol. The van der Waals surface area contributed by atoms with E-state index in [4.69, 9.17) is 4.74 Å². The molecular formula is C11H11NO4. The van der Waals surface area contributed by atoms with E-state index in [9.17, 15) is 14.9 Å². The molecule has 5 heteroatoms. The maximum atomic E-state index is 10.4. The second kappa shape index (κ2) is 5.65. The fourth-order valence-electron chi connectivity index (χ4n) is 0.982. The van der Waals surface area contributed by atoms with Gasteiger partial charge in [0, 0.05) is 12.1 Å². The lowest BCUT2D eigenvalue weighted by atomic mass is 10.3. The molecule has 0 aliphatic heterocycles. The number of nitro benzene ring substituents is 1. The number of nitrogens with zero attached hydrogens (tertiary/aromatic N) is 1. The highest BCUT2D eigenvalue weighted by Crippen LogP contribution is 2.17. The van der Waals surface area contributed by atoms with Gasteiger partial charge in [0.15, 0.2) is 0 Å². The molecule has 0 aliphatic carbocycles. The van der Waals surface area contributed by atoms with E-state index in [0.717, 1.165) is 6.29 Å². The number of non-ortho nitro benzene ring substituents is 1. The maximum absolute atomic E-state index is 10.4. The van der Waals surface area contributed by atoms with E-state index in [1.54, 1.807) is 13.0 Å². The standard InChI is InChI=1S/C11H11NO4/c1-9(8-13)6-7-16-11-4-2-10(3-5-11)12(14)15/h2-6,8H,7H2,1H3/b9-6+. The van der Waals surface area contributed by atoms with E-state index < -0.39 is 4.92 Å². The Morgan fingerprint density at radius 1 is 1.44 bits per heavy atom. The Kier molecular flexibility index (Phi) is 4.20. The van der Waals surface area contributed by atoms with Crippen LogP contribution in [0.1, 0.15) is 6.92 Å². The molecule has 0 radical (unpaired) electrons. The van der Waals surface area contributed by atoms with Gasteiger partial charge in [0.2, 0.25) is 0 Å². The number of ether oxygens (including phenoxy) is 1. The number of rotatable bonds is 5. The Morgan fingerprint density at radius 2 is 2.06 bits per heavy atom. The summed E-state index contributed by atoms with van der Waals surface area (Å²) in [7, 11) is 0. The summed E-state index contributed by atoms with van der Waals surface area (Å²) in [6.07, 6.45) is 2.37. The molecule has 0 fully saturated rings. The summed E-state index contributed by atoms with van der Waals surface area (Å²) in [4.78, 5) is 20.2. The molecule has 5 nitrogen and oxygen atoms in total. The van der Waals surface area contributed by atoms with Gasteiger partial charge in [0.25, 0.3) is 5.69 Å². The lowest BCUT2D eigenvalue weighted by Gasteiger charge is -2.02. The Hall–Kier alpha value is -2.17. The lowest BCUT2D eigenvalue weighted by Crippen LogP contribution is -1.95. The zero-order chi connectivity index (χ0) is 12.0. The molecule has 1 rings (SSSR count). The largest absolute Gasteiger partial charge is 0.490 e. The first-order valence-corrected chi connectivity index (χ1v) is 4.62. The van der Waals surface area contributed by atoms with Crippen LogP contribution < -0.4 is 4.74 Å². The number of hydrogen-bond donors (Lipinski definition) is 0. The van der Waals surface area contributed by atoms with Gasteiger partial charge in [-0.1, -0.05) is 0 Å². The van der Waals surface area contributed by atoms with Crippen LogP contribution in [0, 0.1) is 10.1 Å². The molecule has 1 aromatic rings. The van der Waals surface area contributed by atoms with Crippen molar-refractivity contribution in [3.05, 3.63) is 46.0 Å². The first-order valence-electron chi connectivity index (χ1n) is 4.62. The van der Waals surface area contributed by atoms with Gasteiger partial charge in [-0.05, 0) is 30.7 Å². The van der Waals surface area contributed by atoms with Crippen LogP contribution in [0.4, 0.5) is 5.69 Å². The van der Waals surface area contributed by atoms with Gasteiger partial charge in [-0.15, -0.1) is 0 Å². The van der Waals surface area contributed by atoms with Crippen molar-refractivity contribution in [1.29, 1.82) is 0 Å². The predicted octanol–water partition coefficient (Wildman–Crippen LogP) is 2.12. The quantitative estimate of drug-likeness (QED) is 0.330. The molecule has 0 amide bonds. The van der Waals surface area contributed by atoms with Crippen LogP contribution in [0.15, 0.2) is 35.9 Å². The third-order valence-corrected chi connectivity index (χ3v) is 1.89. The summed E-state index contributed by atoms with van der Waals surface area (Å²) >= 11 is 0.